The van der Waals surface area contributed by atoms with Gasteiger partial charge in [-0.1, -0.05) is 36.7 Å². The van der Waals surface area contributed by atoms with Crippen LogP contribution in [0.15, 0.2) is 65.2 Å². The van der Waals surface area contributed by atoms with E-state index in [9.17, 15) is 9.59 Å². The fraction of sp³-hybridized carbons (Fsp3) is 0.583. The third-order valence-electron chi connectivity index (χ3n) is 14.7. The Kier molecular flexibility index (Phi) is 12.8. The number of piperazine rings is 1. The van der Waals surface area contributed by atoms with Crippen LogP contribution >= 0.6 is 11.6 Å². The number of aryl methyl sites for hydroxylation is 2. The minimum Gasteiger partial charge on any atom is -0.490 e. The second-order valence-corrected chi connectivity index (χ2v) is 21.6. The SMILES string of the molecule is CO[C@H]1/C=C/[C@H](OC)[C@H](C)C[S@@](=O)(CC(=O)c2cc(CN3CCN4CCOC[C@@H]4C3)n(C)c2)=NC(=O)c2ccc3c(c2)N(C[C@@H]2CC[C@H]21)C[C@@]1(CCCc2cc(Cl)ccc21)CO3. The zero-order valence-corrected chi connectivity index (χ0v) is 38.2. The molecular weight excluding hydrogens is 826 g/mol. The standard InChI is InChI=1S/C48H62ClN5O7S/c1-32-28-62(57,29-43(55)36-21-38(51(2)23-36)25-52-16-17-53-18-19-60-27-39(53)26-52)50-47(56)34-8-12-46-42(22-34)54(24-35-7-10-40(35)45(59-4)14-13-44(32)58-3)30-48(31-61-46)15-5-6-33-20-37(49)9-11-41(33)48/h8-9,11-14,20-23,32,35,39-40,44-45H,5-7,10,15-19,24-31H2,1-4H3/b14-13+/t32-,35+,39+,40-,44+,45+,48+,62-/m1/s1. The van der Waals surface area contributed by atoms with Crippen LogP contribution in [0.4, 0.5) is 5.69 Å². The van der Waals surface area contributed by atoms with Crippen LogP contribution < -0.4 is 9.64 Å². The number of hydrogen-bond acceptors (Lipinski definition) is 10. The summed E-state index contributed by atoms with van der Waals surface area (Å²) in [7, 11) is 1.90. The maximum absolute atomic E-state index is 15.3. The molecule has 9 rings (SSSR count). The highest BCUT2D eigenvalue weighted by Crippen LogP contribution is 2.47. The molecule has 1 amide bonds. The second-order valence-electron chi connectivity index (χ2n) is 18.8. The molecule has 8 atom stereocenters. The van der Waals surface area contributed by atoms with E-state index < -0.39 is 21.7 Å². The van der Waals surface area contributed by atoms with Crippen molar-refractivity contribution in [2.24, 2.45) is 29.2 Å². The lowest BCUT2D eigenvalue weighted by molar-refractivity contribution is -0.0464. The van der Waals surface area contributed by atoms with Gasteiger partial charge in [0.1, 0.15) is 5.75 Å². The van der Waals surface area contributed by atoms with E-state index in [1.54, 1.807) is 20.3 Å². The van der Waals surface area contributed by atoms with Crippen molar-refractivity contribution < 1.29 is 32.7 Å². The molecule has 12 nitrogen and oxygen atoms in total. The number of aromatic nitrogens is 1. The Hall–Kier alpha value is -3.56. The van der Waals surface area contributed by atoms with Crippen molar-refractivity contribution in [2.75, 3.05) is 89.7 Å². The van der Waals surface area contributed by atoms with E-state index in [2.05, 4.69) is 37.3 Å². The normalized spacial score (nSPS) is 32.3. The Balaban J connectivity index is 1.05. The van der Waals surface area contributed by atoms with E-state index >= 15 is 4.21 Å². The molecule has 2 bridgehead atoms. The maximum Gasteiger partial charge on any atom is 0.285 e. The van der Waals surface area contributed by atoms with Crippen molar-refractivity contribution in [3.63, 3.8) is 0 Å². The summed E-state index contributed by atoms with van der Waals surface area (Å²) in [5.41, 5.74) is 4.87. The maximum atomic E-state index is 15.3. The van der Waals surface area contributed by atoms with E-state index in [4.69, 9.17) is 30.5 Å². The van der Waals surface area contributed by atoms with Gasteiger partial charge in [-0.2, -0.15) is 4.36 Å². The Morgan fingerprint density at radius 1 is 1.03 bits per heavy atom. The van der Waals surface area contributed by atoms with Crippen LogP contribution in [-0.2, 0) is 49.4 Å². The van der Waals surface area contributed by atoms with Crippen LogP contribution in [0.25, 0.3) is 0 Å². The Bertz CT molecular complexity index is 2320. The van der Waals surface area contributed by atoms with Crippen LogP contribution in [0.1, 0.15) is 70.1 Å². The molecule has 1 saturated carbocycles. The van der Waals surface area contributed by atoms with Gasteiger partial charge in [0.15, 0.2) is 5.78 Å². The number of fused-ring (bicyclic) bond motifs is 5. The third-order valence-corrected chi connectivity index (χ3v) is 17.2. The molecule has 14 heteroatoms. The van der Waals surface area contributed by atoms with Gasteiger partial charge in [-0.15, -0.1) is 0 Å². The fourth-order valence-corrected chi connectivity index (χ4v) is 13.6. The van der Waals surface area contributed by atoms with E-state index in [0.29, 0.717) is 48.5 Å². The number of carbonyl (C=O) groups is 2. The van der Waals surface area contributed by atoms with Crippen molar-refractivity contribution in [3.8, 4) is 5.75 Å². The lowest BCUT2D eigenvalue weighted by Crippen LogP contribution is -2.57. The number of amides is 1. The summed E-state index contributed by atoms with van der Waals surface area (Å²) >= 11 is 6.51. The number of benzene rings is 2. The zero-order valence-electron chi connectivity index (χ0n) is 36.6. The first-order valence-corrected chi connectivity index (χ1v) is 24.7. The summed E-state index contributed by atoms with van der Waals surface area (Å²) in [4.78, 5) is 36.0. The molecule has 62 heavy (non-hydrogen) atoms. The molecular formula is C48H62ClN5O7S. The molecule has 0 radical (unpaired) electrons. The van der Waals surface area contributed by atoms with Crippen LogP contribution in [0.3, 0.4) is 0 Å². The summed E-state index contributed by atoms with van der Waals surface area (Å²) in [6.07, 6.45) is 10.4. The molecule has 334 valence electrons. The predicted octanol–water partition coefficient (Wildman–Crippen LogP) is 6.42. The minimum absolute atomic E-state index is 0.00339. The summed E-state index contributed by atoms with van der Waals surface area (Å²) in [6, 6.07) is 14.0. The molecule has 3 fully saturated rings. The van der Waals surface area contributed by atoms with Gasteiger partial charge in [0, 0.05) is 112 Å². The number of carbonyl (C=O) groups excluding carboxylic acids is 2. The van der Waals surface area contributed by atoms with Gasteiger partial charge in [-0.25, -0.2) is 4.21 Å². The Morgan fingerprint density at radius 2 is 1.87 bits per heavy atom. The van der Waals surface area contributed by atoms with Crippen LogP contribution in [-0.4, -0.2) is 133 Å². The van der Waals surface area contributed by atoms with Gasteiger partial charge < -0.3 is 28.4 Å². The average Bonchev–Trinajstić information content (AvgIpc) is 3.54. The van der Waals surface area contributed by atoms with Gasteiger partial charge in [-0.05, 0) is 97.4 Å². The monoisotopic (exact) mass is 887 g/mol. The van der Waals surface area contributed by atoms with Crippen molar-refractivity contribution in [2.45, 2.75) is 69.2 Å². The number of ketones is 1. The number of hydrogen-bond donors (Lipinski definition) is 0. The Labute approximate surface area is 372 Å². The number of rotatable bonds is 7. The van der Waals surface area contributed by atoms with E-state index in [0.717, 1.165) is 94.4 Å². The molecule has 3 aromatic rings. The third kappa shape index (κ3) is 8.92. The van der Waals surface area contributed by atoms with Gasteiger partial charge in [0.2, 0.25) is 0 Å². The lowest BCUT2D eigenvalue weighted by Gasteiger charge is -2.46. The van der Waals surface area contributed by atoms with Crippen molar-refractivity contribution >= 4 is 38.7 Å². The van der Waals surface area contributed by atoms with Crippen LogP contribution in [0.5, 0.6) is 5.75 Å². The summed E-state index contributed by atoms with van der Waals surface area (Å²) < 4.78 is 46.4. The van der Waals surface area contributed by atoms with Crippen molar-refractivity contribution in [3.05, 3.63) is 93.8 Å². The Morgan fingerprint density at radius 3 is 2.68 bits per heavy atom. The molecule has 5 heterocycles. The van der Waals surface area contributed by atoms with Gasteiger partial charge in [0.05, 0.1) is 53.2 Å². The largest absolute Gasteiger partial charge is 0.490 e. The lowest BCUT2D eigenvalue weighted by atomic mass is 9.68. The number of morpholine rings is 1. The molecule has 6 aliphatic rings. The van der Waals surface area contributed by atoms with Crippen LogP contribution in [0, 0.1) is 17.8 Å². The molecule has 0 N–H and O–H groups in total. The molecule has 2 saturated heterocycles. The van der Waals surface area contributed by atoms with E-state index in [1.807, 2.05) is 55.1 Å². The highest BCUT2D eigenvalue weighted by atomic mass is 35.5. The highest BCUT2D eigenvalue weighted by Gasteiger charge is 2.45. The fourth-order valence-electron chi connectivity index (χ4n) is 11.1. The number of halogens is 1. The predicted molar refractivity (Wildman–Crippen MR) is 242 cm³/mol. The first-order valence-electron chi connectivity index (χ1n) is 22.5. The minimum atomic E-state index is -3.44. The van der Waals surface area contributed by atoms with E-state index in [1.165, 1.54) is 11.1 Å². The second kappa shape index (κ2) is 18.1. The molecule has 2 aliphatic carbocycles. The summed E-state index contributed by atoms with van der Waals surface area (Å²) in [5.74, 6) is -0.297. The average molecular weight is 889 g/mol. The van der Waals surface area contributed by atoms with Gasteiger partial charge >= 0.3 is 0 Å². The molecule has 2 aromatic carbocycles. The highest BCUT2D eigenvalue weighted by molar-refractivity contribution is 7.94. The van der Waals surface area contributed by atoms with Crippen molar-refractivity contribution in [1.82, 2.24) is 14.4 Å². The van der Waals surface area contributed by atoms with E-state index in [-0.39, 0.29) is 40.6 Å². The summed E-state index contributed by atoms with van der Waals surface area (Å²) in [5, 5.41) is 0.739. The zero-order chi connectivity index (χ0) is 43.2. The van der Waals surface area contributed by atoms with Crippen molar-refractivity contribution in [1.29, 1.82) is 0 Å². The smallest absolute Gasteiger partial charge is 0.285 e. The summed E-state index contributed by atoms with van der Waals surface area (Å²) in [6.45, 7) is 9.92. The topological polar surface area (TPSA) is 115 Å². The molecule has 1 aromatic heterocycles. The number of Topliss-reactive ketones (excluding diaryl/α,β-unsaturated/α-hetero) is 1. The number of nitrogens with zero attached hydrogens (tertiary/aromatic N) is 5. The number of anilines is 1. The number of methoxy groups -OCH3 is 2. The number of ether oxygens (including phenoxy) is 4. The van der Waals surface area contributed by atoms with Gasteiger partial charge in [-0.3, -0.25) is 19.4 Å². The first kappa shape index (κ1) is 43.7. The quantitative estimate of drug-likeness (QED) is 0.195. The van der Waals surface area contributed by atoms with Crippen LogP contribution in [0.2, 0.25) is 5.02 Å². The van der Waals surface area contributed by atoms with Gasteiger partial charge in [0.25, 0.3) is 5.91 Å². The molecule has 1 spiro atoms. The first-order chi connectivity index (χ1) is 29.9. The molecule has 4 aliphatic heterocycles. The molecule has 0 unspecified atom stereocenters.